The van der Waals surface area contributed by atoms with E-state index in [1.54, 1.807) is 12.1 Å². The van der Waals surface area contributed by atoms with Gasteiger partial charge in [-0.15, -0.1) is 0 Å². The van der Waals surface area contributed by atoms with Gasteiger partial charge in [0.2, 0.25) is 0 Å². The third-order valence-corrected chi connectivity index (χ3v) is 8.26. The van der Waals surface area contributed by atoms with Gasteiger partial charge in [-0.1, -0.05) is 93.1 Å². The molecule has 1 N–H and O–H groups in total. The Labute approximate surface area is 272 Å². The second-order valence-electron chi connectivity index (χ2n) is 12.6. The number of benzene rings is 3. The van der Waals surface area contributed by atoms with Crippen LogP contribution in [0.5, 0.6) is 5.75 Å². The first-order chi connectivity index (χ1) is 22.1. The maximum absolute atomic E-state index is 13.8. The third kappa shape index (κ3) is 9.52. The molecule has 0 amide bonds. The van der Waals surface area contributed by atoms with E-state index >= 15 is 0 Å². The minimum absolute atomic E-state index is 0.276. The molecule has 0 aliphatic carbocycles. The van der Waals surface area contributed by atoms with E-state index in [2.05, 4.69) is 12.0 Å². The lowest BCUT2D eigenvalue weighted by molar-refractivity contribution is -0.152. The summed E-state index contributed by atoms with van der Waals surface area (Å²) < 4.78 is 8.20. The molecule has 0 radical (unpaired) electrons. The molecule has 8 heteroatoms. The van der Waals surface area contributed by atoms with Crippen LogP contribution in [-0.2, 0) is 30.6 Å². The zero-order valence-electron chi connectivity index (χ0n) is 27.6. The highest BCUT2D eigenvalue weighted by Crippen LogP contribution is 2.20. The maximum atomic E-state index is 13.8. The Bertz CT molecular complexity index is 1630. The van der Waals surface area contributed by atoms with Gasteiger partial charge in [0.15, 0.2) is 5.60 Å². The summed E-state index contributed by atoms with van der Waals surface area (Å²) in [4.78, 5) is 38.8. The van der Waals surface area contributed by atoms with Crippen LogP contribution in [0.2, 0.25) is 0 Å². The molecule has 0 unspecified atom stereocenters. The fourth-order valence-corrected chi connectivity index (χ4v) is 5.35. The number of carbonyl (C=O) groups is 2. The van der Waals surface area contributed by atoms with Crippen molar-refractivity contribution in [1.29, 1.82) is 0 Å². The van der Waals surface area contributed by atoms with Crippen LogP contribution in [0, 0.1) is 6.92 Å². The second kappa shape index (κ2) is 16.2. The van der Waals surface area contributed by atoms with Crippen molar-refractivity contribution in [1.82, 2.24) is 14.3 Å². The molecule has 244 valence electrons. The number of aliphatic carboxylic acids is 1. The number of hydrogen-bond acceptors (Lipinski definition) is 5. The van der Waals surface area contributed by atoms with Crippen LogP contribution in [0.15, 0.2) is 77.6 Å². The molecule has 4 rings (SSSR count). The lowest BCUT2D eigenvalue weighted by atomic mass is 10.0. The summed E-state index contributed by atoms with van der Waals surface area (Å²) in [5.41, 5.74) is 2.97. The SMILES string of the molecule is CCCCCCCCc1ccc(C(=O)n2c(CCCc3ccc(OC(C)(C)C(=O)O)cc3)nn(Cc3ccc(C)cc3)c2=O)cc1. The molecule has 0 saturated carbocycles. The van der Waals surface area contributed by atoms with Crippen molar-refractivity contribution in [2.75, 3.05) is 0 Å². The summed E-state index contributed by atoms with van der Waals surface area (Å²) in [7, 11) is 0. The van der Waals surface area contributed by atoms with E-state index in [0.717, 1.165) is 29.5 Å². The predicted octanol–water partition coefficient (Wildman–Crippen LogP) is 7.41. The van der Waals surface area contributed by atoms with Crippen molar-refractivity contribution in [2.24, 2.45) is 0 Å². The van der Waals surface area contributed by atoms with Crippen LogP contribution in [0.1, 0.15) is 104 Å². The molecule has 0 aliphatic rings. The molecule has 0 saturated heterocycles. The number of aryl methyl sites for hydroxylation is 4. The van der Waals surface area contributed by atoms with Crippen LogP contribution in [0.25, 0.3) is 0 Å². The standard InChI is InChI=1S/C38H47N3O5/c1-5-6-7-8-9-10-12-29-19-23-32(24-20-29)35(42)41-34(39-40(37(41)45)27-31-17-15-28(2)16-18-31)14-11-13-30-21-25-33(26-22-30)46-38(3,4)36(43)44/h15-26H,5-14,27H2,1-4H3,(H,43,44). The highest BCUT2D eigenvalue weighted by Gasteiger charge is 2.29. The van der Waals surface area contributed by atoms with Gasteiger partial charge in [0, 0.05) is 12.0 Å². The van der Waals surface area contributed by atoms with E-state index in [1.165, 1.54) is 60.8 Å². The Balaban J connectivity index is 1.47. The molecular weight excluding hydrogens is 578 g/mol. The van der Waals surface area contributed by atoms with E-state index < -0.39 is 17.3 Å². The van der Waals surface area contributed by atoms with Crippen molar-refractivity contribution in [3.63, 3.8) is 0 Å². The maximum Gasteiger partial charge on any atom is 0.353 e. The Hall–Kier alpha value is -4.46. The van der Waals surface area contributed by atoms with Crippen molar-refractivity contribution in [2.45, 2.75) is 104 Å². The average molecular weight is 626 g/mol. The number of carbonyl (C=O) groups excluding carboxylic acids is 1. The summed E-state index contributed by atoms with van der Waals surface area (Å²) in [6, 6.07) is 22.8. The molecule has 0 spiro atoms. The van der Waals surface area contributed by atoms with Gasteiger partial charge in [-0.25, -0.2) is 18.8 Å². The molecule has 4 aromatic rings. The minimum atomic E-state index is -1.33. The second-order valence-corrected chi connectivity index (χ2v) is 12.6. The van der Waals surface area contributed by atoms with Gasteiger partial charge in [-0.05, 0) is 87.4 Å². The molecule has 8 nitrogen and oxygen atoms in total. The number of aromatic nitrogens is 3. The smallest absolute Gasteiger partial charge is 0.353 e. The van der Waals surface area contributed by atoms with Gasteiger partial charge in [0.1, 0.15) is 11.6 Å². The zero-order chi connectivity index (χ0) is 33.1. The molecule has 1 aromatic heterocycles. The molecule has 46 heavy (non-hydrogen) atoms. The summed E-state index contributed by atoms with van der Waals surface area (Å²) in [5, 5.41) is 14.0. The van der Waals surface area contributed by atoms with E-state index in [1.807, 2.05) is 67.6 Å². The van der Waals surface area contributed by atoms with Gasteiger partial charge >= 0.3 is 11.7 Å². The molecule has 0 aliphatic heterocycles. The highest BCUT2D eigenvalue weighted by atomic mass is 16.5. The summed E-state index contributed by atoms with van der Waals surface area (Å²) in [6.45, 7) is 7.52. The summed E-state index contributed by atoms with van der Waals surface area (Å²) in [5.74, 6) is -0.503. The first kappa shape index (κ1) is 34.4. The van der Waals surface area contributed by atoms with Crippen molar-refractivity contribution < 1.29 is 19.4 Å². The number of rotatable bonds is 17. The first-order valence-electron chi connectivity index (χ1n) is 16.5. The van der Waals surface area contributed by atoms with Gasteiger partial charge in [-0.2, -0.15) is 5.10 Å². The number of carboxylic acid groups (broad SMARTS) is 1. The number of carboxylic acids is 1. The Morgan fingerprint density at radius 1 is 0.761 bits per heavy atom. The zero-order valence-corrected chi connectivity index (χ0v) is 27.6. The van der Waals surface area contributed by atoms with Crippen LogP contribution >= 0.6 is 0 Å². The fraction of sp³-hybridized carbons (Fsp3) is 0.421. The quantitative estimate of drug-likeness (QED) is 0.123. The van der Waals surface area contributed by atoms with Crippen LogP contribution in [0.4, 0.5) is 0 Å². The number of ether oxygens (including phenoxy) is 1. The van der Waals surface area contributed by atoms with E-state index in [-0.39, 0.29) is 12.5 Å². The largest absolute Gasteiger partial charge is 0.478 e. The Kier molecular flexibility index (Phi) is 12.1. The minimum Gasteiger partial charge on any atom is -0.478 e. The van der Waals surface area contributed by atoms with Gasteiger partial charge in [0.05, 0.1) is 6.54 Å². The molecule has 0 fully saturated rings. The summed E-state index contributed by atoms with van der Waals surface area (Å²) >= 11 is 0. The van der Waals surface area contributed by atoms with Crippen molar-refractivity contribution >= 4 is 11.9 Å². The lowest BCUT2D eigenvalue weighted by Crippen LogP contribution is -2.37. The molecule has 1 heterocycles. The summed E-state index contributed by atoms with van der Waals surface area (Å²) in [6.07, 6.45) is 10.2. The normalized spacial score (nSPS) is 11.5. The van der Waals surface area contributed by atoms with E-state index in [9.17, 15) is 19.5 Å². The molecule has 3 aromatic carbocycles. The van der Waals surface area contributed by atoms with Crippen LogP contribution in [-0.4, -0.2) is 36.9 Å². The number of hydrogen-bond donors (Lipinski definition) is 1. The molecule has 0 atom stereocenters. The Morgan fingerprint density at radius 2 is 1.33 bits per heavy atom. The molecular formula is C38H47N3O5. The number of unbranched alkanes of at least 4 members (excludes halogenated alkanes) is 5. The third-order valence-electron chi connectivity index (χ3n) is 8.26. The fourth-order valence-electron chi connectivity index (χ4n) is 5.35. The van der Waals surface area contributed by atoms with E-state index in [0.29, 0.717) is 36.4 Å². The van der Waals surface area contributed by atoms with Crippen molar-refractivity contribution in [3.8, 4) is 5.75 Å². The van der Waals surface area contributed by atoms with Crippen LogP contribution < -0.4 is 10.4 Å². The monoisotopic (exact) mass is 625 g/mol. The predicted molar refractivity (Wildman–Crippen MR) is 181 cm³/mol. The lowest BCUT2D eigenvalue weighted by Gasteiger charge is -2.21. The highest BCUT2D eigenvalue weighted by molar-refractivity contribution is 5.96. The van der Waals surface area contributed by atoms with E-state index in [4.69, 9.17) is 4.74 Å². The molecule has 0 bridgehead atoms. The van der Waals surface area contributed by atoms with Crippen LogP contribution in [0.3, 0.4) is 0 Å². The average Bonchev–Trinajstić information content (AvgIpc) is 3.34. The number of nitrogens with zero attached hydrogens (tertiary/aromatic N) is 3. The van der Waals surface area contributed by atoms with Gasteiger partial charge < -0.3 is 9.84 Å². The Morgan fingerprint density at radius 3 is 1.96 bits per heavy atom. The van der Waals surface area contributed by atoms with Gasteiger partial charge in [-0.3, -0.25) is 4.79 Å². The first-order valence-corrected chi connectivity index (χ1v) is 16.5. The topological polar surface area (TPSA) is 103 Å². The van der Waals surface area contributed by atoms with Crippen molar-refractivity contribution in [3.05, 3.63) is 117 Å². The van der Waals surface area contributed by atoms with Gasteiger partial charge in [0.25, 0.3) is 5.91 Å².